The Morgan fingerprint density at radius 1 is 1.40 bits per heavy atom. The first-order chi connectivity index (χ1) is 9.69. The van der Waals surface area contributed by atoms with E-state index in [-0.39, 0.29) is 11.7 Å². The van der Waals surface area contributed by atoms with Crippen molar-refractivity contribution in [3.63, 3.8) is 0 Å². The number of halogens is 1. The zero-order valence-corrected chi connectivity index (χ0v) is 11.0. The Balaban J connectivity index is 2.10. The number of nitrogens with zero attached hydrogens (tertiary/aromatic N) is 1. The van der Waals surface area contributed by atoms with E-state index >= 15 is 0 Å². The van der Waals surface area contributed by atoms with Gasteiger partial charge in [-0.15, -0.1) is 0 Å². The maximum Gasteiger partial charge on any atom is 0.252 e. The lowest BCUT2D eigenvalue weighted by Crippen LogP contribution is -2.29. The van der Waals surface area contributed by atoms with Crippen LogP contribution in [0.15, 0.2) is 24.3 Å². The average Bonchev–Trinajstić information content (AvgIpc) is 3.28. The summed E-state index contributed by atoms with van der Waals surface area (Å²) in [6.07, 6.45) is 2.20. The Bertz CT molecular complexity index is 667. The Morgan fingerprint density at radius 3 is 2.90 bits per heavy atom. The van der Waals surface area contributed by atoms with Crippen LogP contribution in [0.3, 0.4) is 0 Å². The first kappa shape index (κ1) is 13.0. The molecule has 0 bridgehead atoms. The molecule has 3 N–H and O–H groups in total. The number of amides is 1. The molecule has 0 saturated heterocycles. The number of pyridine rings is 1. The van der Waals surface area contributed by atoms with Crippen molar-refractivity contribution in [2.45, 2.75) is 18.8 Å². The van der Waals surface area contributed by atoms with E-state index in [0.29, 0.717) is 35.5 Å². The Kier molecular flexibility index (Phi) is 3.36. The van der Waals surface area contributed by atoms with Crippen LogP contribution in [-0.2, 0) is 0 Å². The van der Waals surface area contributed by atoms with Crippen molar-refractivity contribution in [2.24, 2.45) is 5.73 Å². The van der Waals surface area contributed by atoms with E-state index in [9.17, 15) is 9.18 Å². The predicted octanol–water partition coefficient (Wildman–Crippen LogP) is 1.94. The molecule has 1 aliphatic carbocycles. The fourth-order valence-corrected chi connectivity index (χ4v) is 2.28. The summed E-state index contributed by atoms with van der Waals surface area (Å²) < 4.78 is 13.4. The lowest BCUT2D eigenvalue weighted by atomic mass is 10.1. The molecule has 4 nitrogen and oxygen atoms in total. The van der Waals surface area contributed by atoms with Gasteiger partial charge >= 0.3 is 0 Å². The largest absolute Gasteiger partial charge is 0.351 e. The molecule has 104 valence electrons. The van der Waals surface area contributed by atoms with E-state index in [1.54, 1.807) is 12.1 Å². The molecule has 0 atom stereocenters. The molecule has 3 rings (SSSR count). The van der Waals surface area contributed by atoms with E-state index in [0.717, 1.165) is 18.5 Å². The molecule has 1 amide bonds. The van der Waals surface area contributed by atoms with Crippen molar-refractivity contribution in [1.82, 2.24) is 10.3 Å². The van der Waals surface area contributed by atoms with E-state index in [4.69, 9.17) is 5.73 Å². The van der Waals surface area contributed by atoms with Crippen molar-refractivity contribution in [3.05, 3.63) is 41.3 Å². The van der Waals surface area contributed by atoms with Gasteiger partial charge in [0, 0.05) is 30.1 Å². The highest BCUT2D eigenvalue weighted by molar-refractivity contribution is 6.06. The minimum absolute atomic E-state index is 0.227. The SMILES string of the molecule is NCCNC(=O)c1cc(C2CC2)nc2ccc(F)cc12. The van der Waals surface area contributed by atoms with E-state index in [2.05, 4.69) is 10.3 Å². The number of aromatic nitrogens is 1. The zero-order chi connectivity index (χ0) is 14.1. The quantitative estimate of drug-likeness (QED) is 0.894. The Labute approximate surface area is 116 Å². The fourth-order valence-electron chi connectivity index (χ4n) is 2.28. The molecule has 0 spiro atoms. The van der Waals surface area contributed by atoms with Gasteiger partial charge in [0.15, 0.2) is 0 Å². The minimum atomic E-state index is -0.369. The first-order valence-corrected chi connectivity index (χ1v) is 6.77. The molecule has 1 heterocycles. The van der Waals surface area contributed by atoms with Crippen molar-refractivity contribution in [2.75, 3.05) is 13.1 Å². The van der Waals surface area contributed by atoms with Gasteiger partial charge in [0.2, 0.25) is 0 Å². The number of carbonyl (C=O) groups excluding carboxylic acids is 1. The van der Waals surface area contributed by atoms with Crippen LogP contribution in [0.2, 0.25) is 0 Å². The van der Waals surface area contributed by atoms with Gasteiger partial charge in [-0.05, 0) is 37.1 Å². The number of fused-ring (bicyclic) bond motifs is 1. The Hall–Kier alpha value is -2.01. The molecule has 0 radical (unpaired) electrons. The summed E-state index contributed by atoms with van der Waals surface area (Å²) in [7, 11) is 0. The number of benzene rings is 1. The highest BCUT2D eigenvalue weighted by atomic mass is 19.1. The standard InChI is InChI=1S/C15H16FN3O/c16-10-3-4-13-11(7-10)12(15(20)18-6-5-17)8-14(19-13)9-1-2-9/h3-4,7-9H,1-2,5-6,17H2,(H,18,20). The monoisotopic (exact) mass is 273 g/mol. The molecule has 1 aliphatic rings. The van der Waals surface area contributed by atoms with Crippen molar-refractivity contribution in [1.29, 1.82) is 0 Å². The number of hydrogen-bond acceptors (Lipinski definition) is 3. The summed E-state index contributed by atoms with van der Waals surface area (Å²) in [4.78, 5) is 16.7. The van der Waals surface area contributed by atoms with Crippen LogP contribution in [0.5, 0.6) is 0 Å². The highest BCUT2D eigenvalue weighted by Crippen LogP contribution is 2.40. The first-order valence-electron chi connectivity index (χ1n) is 6.77. The van der Waals surface area contributed by atoms with E-state index in [1.807, 2.05) is 0 Å². The van der Waals surface area contributed by atoms with Gasteiger partial charge in [-0.3, -0.25) is 9.78 Å². The van der Waals surface area contributed by atoms with Crippen molar-refractivity contribution in [3.8, 4) is 0 Å². The fraction of sp³-hybridized carbons (Fsp3) is 0.333. The number of nitrogens with two attached hydrogens (primary N) is 1. The van der Waals surface area contributed by atoms with Crippen LogP contribution in [0.4, 0.5) is 4.39 Å². The molecule has 1 aromatic carbocycles. The molecule has 1 saturated carbocycles. The van der Waals surface area contributed by atoms with Gasteiger partial charge in [-0.2, -0.15) is 0 Å². The molecule has 0 aliphatic heterocycles. The lowest BCUT2D eigenvalue weighted by Gasteiger charge is -2.09. The van der Waals surface area contributed by atoms with Gasteiger partial charge in [0.25, 0.3) is 5.91 Å². The Morgan fingerprint density at radius 2 is 2.20 bits per heavy atom. The second kappa shape index (κ2) is 5.17. The predicted molar refractivity (Wildman–Crippen MR) is 75.1 cm³/mol. The van der Waals surface area contributed by atoms with Gasteiger partial charge in [0.1, 0.15) is 5.82 Å². The summed E-state index contributed by atoms with van der Waals surface area (Å²) in [5, 5.41) is 3.28. The summed E-state index contributed by atoms with van der Waals surface area (Å²) in [5.74, 6) is -0.160. The third-order valence-electron chi connectivity index (χ3n) is 3.46. The second-order valence-electron chi connectivity index (χ2n) is 5.08. The lowest BCUT2D eigenvalue weighted by molar-refractivity contribution is 0.0956. The maximum atomic E-state index is 13.4. The summed E-state index contributed by atoms with van der Waals surface area (Å²) in [6, 6.07) is 6.13. The number of carbonyl (C=O) groups is 1. The maximum absolute atomic E-state index is 13.4. The molecule has 1 aromatic heterocycles. The van der Waals surface area contributed by atoms with Crippen molar-refractivity contribution >= 4 is 16.8 Å². The van der Waals surface area contributed by atoms with Gasteiger partial charge in [0.05, 0.1) is 11.1 Å². The normalized spacial score (nSPS) is 14.5. The molecular formula is C15H16FN3O. The third kappa shape index (κ3) is 2.49. The number of hydrogen-bond donors (Lipinski definition) is 2. The average molecular weight is 273 g/mol. The smallest absolute Gasteiger partial charge is 0.252 e. The van der Waals surface area contributed by atoms with Crippen molar-refractivity contribution < 1.29 is 9.18 Å². The minimum Gasteiger partial charge on any atom is -0.351 e. The van der Waals surface area contributed by atoms with Crippen LogP contribution < -0.4 is 11.1 Å². The highest BCUT2D eigenvalue weighted by Gasteiger charge is 2.27. The topological polar surface area (TPSA) is 68.0 Å². The molecule has 0 unspecified atom stereocenters. The van der Waals surface area contributed by atoms with Crippen LogP contribution in [0, 0.1) is 5.82 Å². The number of nitrogens with one attached hydrogen (secondary N) is 1. The van der Waals surface area contributed by atoms with Crippen LogP contribution in [-0.4, -0.2) is 24.0 Å². The molecule has 5 heteroatoms. The van der Waals surface area contributed by atoms with Crippen LogP contribution in [0.1, 0.15) is 34.8 Å². The van der Waals surface area contributed by atoms with Gasteiger partial charge < -0.3 is 11.1 Å². The summed E-state index contributed by atoms with van der Waals surface area (Å²) in [6.45, 7) is 0.773. The van der Waals surface area contributed by atoms with Crippen LogP contribution in [0.25, 0.3) is 10.9 Å². The summed E-state index contributed by atoms with van der Waals surface area (Å²) >= 11 is 0. The molecule has 2 aromatic rings. The van der Waals surface area contributed by atoms with E-state index < -0.39 is 0 Å². The number of rotatable bonds is 4. The van der Waals surface area contributed by atoms with Crippen LogP contribution >= 0.6 is 0 Å². The second-order valence-corrected chi connectivity index (χ2v) is 5.08. The third-order valence-corrected chi connectivity index (χ3v) is 3.46. The van der Waals surface area contributed by atoms with Gasteiger partial charge in [-0.1, -0.05) is 0 Å². The zero-order valence-electron chi connectivity index (χ0n) is 11.0. The van der Waals surface area contributed by atoms with E-state index in [1.165, 1.54) is 12.1 Å². The molecule has 1 fully saturated rings. The molecular weight excluding hydrogens is 257 g/mol. The van der Waals surface area contributed by atoms with Gasteiger partial charge in [-0.25, -0.2) is 4.39 Å². The molecule has 20 heavy (non-hydrogen) atoms. The summed E-state index contributed by atoms with van der Waals surface area (Å²) in [5.41, 5.74) is 7.45.